The number of hydrogen-bond donors (Lipinski definition) is 1. The van der Waals surface area contributed by atoms with Crippen molar-refractivity contribution in [2.24, 2.45) is 0 Å². The van der Waals surface area contributed by atoms with Crippen LogP contribution < -0.4 is 5.32 Å². The number of halogens is 1. The Morgan fingerprint density at radius 1 is 1.17 bits per heavy atom. The molecule has 1 atom stereocenters. The van der Waals surface area contributed by atoms with E-state index in [1.807, 2.05) is 6.07 Å². The van der Waals surface area contributed by atoms with Gasteiger partial charge in [-0.2, -0.15) is 0 Å². The Labute approximate surface area is 173 Å². The molecule has 4 rings (SSSR count). The van der Waals surface area contributed by atoms with E-state index in [2.05, 4.69) is 10.3 Å². The summed E-state index contributed by atoms with van der Waals surface area (Å²) in [5.74, 6) is -1.35. The molecule has 6 nitrogen and oxygen atoms in total. The fourth-order valence-electron chi connectivity index (χ4n) is 3.41. The highest BCUT2D eigenvalue weighted by molar-refractivity contribution is 6.05. The van der Waals surface area contributed by atoms with Crippen LogP contribution >= 0.6 is 0 Å². The van der Waals surface area contributed by atoms with E-state index in [4.69, 9.17) is 9.47 Å². The Balaban J connectivity index is 1.50. The molecular formula is C23H21FN2O4. The van der Waals surface area contributed by atoms with Crippen molar-refractivity contribution in [2.75, 3.05) is 19.8 Å². The number of aromatic nitrogens is 1. The molecule has 1 fully saturated rings. The Kier molecular flexibility index (Phi) is 5.99. The molecule has 1 aromatic heterocycles. The van der Waals surface area contributed by atoms with Gasteiger partial charge in [0.2, 0.25) is 0 Å². The highest BCUT2D eigenvalue weighted by atomic mass is 19.1. The number of hydrogen-bond acceptors (Lipinski definition) is 5. The molecule has 2 heterocycles. The highest BCUT2D eigenvalue weighted by Gasteiger charge is 2.19. The van der Waals surface area contributed by atoms with Gasteiger partial charge >= 0.3 is 5.97 Å². The number of fused-ring (bicyclic) bond motifs is 1. The summed E-state index contributed by atoms with van der Waals surface area (Å²) in [6.45, 7) is 0.735. The molecular weight excluding hydrogens is 387 g/mol. The summed E-state index contributed by atoms with van der Waals surface area (Å²) in [7, 11) is 0. The summed E-state index contributed by atoms with van der Waals surface area (Å²) in [6.07, 6.45) is 1.92. The van der Waals surface area contributed by atoms with Crippen LogP contribution in [-0.2, 0) is 14.3 Å². The number of nitrogens with zero attached hydrogens (tertiary/aromatic N) is 1. The predicted octanol–water partition coefficient (Wildman–Crippen LogP) is 3.49. The SMILES string of the molecule is O=C(COC(=O)c1cc(-c2ccc(F)cc2)nc2ccccc12)NCC1CCCO1. The Morgan fingerprint density at radius 3 is 2.73 bits per heavy atom. The molecule has 1 amide bonds. The molecule has 2 aromatic carbocycles. The lowest BCUT2D eigenvalue weighted by molar-refractivity contribution is -0.124. The third-order valence-corrected chi connectivity index (χ3v) is 4.96. The van der Waals surface area contributed by atoms with E-state index in [1.54, 1.807) is 36.4 Å². The van der Waals surface area contributed by atoms with Crippen LogP contribution in [0.4, 0.5) is 4.39 Å². The summed E-state index contributed by atoms with van der Waals surface area (Å²) < 4.78 is 24.0. The Hall–Kier alpha value is -3.32. The third-order valence-electron chi connectivity index (χ3n) is 4.96. The van der Waals surface area contributed by atoms with Gasteiger partial charge in [0.05, 0.1) is 22.9 Å². The van der Waals surface area contributed by atoms with Gasteiger partial charge in [-0.25, -0.2) is 14.2 Å². The van der Waals surface area contributed by atoms with Crippen LogP contribution in [0, 0.1) is 5.82 Å². The zero-order chi connectivity index (χ0) is 20.9. The van der Waals surface area contributed by atoms with Gasteiger partial charge < -0.3 is 14.8 Å². The quantitative estimate of drug-likeness (QED) is 0.632. The minimum absolute atomic E-state index is 0.0204. The fraction of sp³-hybridized carbons (Fsp3) is 0.261. The van der Waals surface area contributed by atoms with Crippen LogP contribution in [0.5, 0.6) is 0 Å². The molecule has 0 aliphatic carbocycles. The number of carbonyl (C=O) groups excluding carboxylic acids is 2. The second-order valence-corrected chi connectivity index (χ2v) is 7.09. The van der Waals surface area contributed by atoms with Crippen LogP contribution in [0.1, 0.15) is 23.2 Å². The molecule has 3 aromatic rings. The van der Waals surface area contributed by atoms with Gasteiger partial charge in [-0.1, -0.05) is 18.2 Å². The first kappa shape index (κ1) is 20.0. The Bertz CT molecular complexity index is 1060. The molecule has 1 saturated heterocycles. The van der Waals surface area contributed by atoms with Gasteiger partial charge in [0.15, 0.2) is 6.61 Å². The maximum Gasteiger partial charge on any atom is 0.339 e. The van der Waals surface area contributed by atoms with Crippen molar-refractivity contribution in [1.29, 1.82) is 0 Å². The van der Waals surface area contributed by atoms with Crippen molar-refractivity contribution in [3.8, 4) is 11.3 Å². The van der Waals surface area contributed by atoms with Crippen molar-refractivity contribution in [3.63, 3.8) is 0 Å². The van der Waals surface area contributed by atoms with Crippen LogP contribution in [0.15, 0.2) is 54.6 Å². The summed E-state index contributed by atoms with van der Waals surface area (Å²) in [5.41, 5.74) is 2.09. The standard InChI is InChI=1S/C23H21FN2O4/c24-16-9-7-15(8-10-16)21-12-19(18-5-1-2-6-20(18)26-21)23(28)30-14-22(27)25-13-17-4-3-11-29-17/h1-2,5-10,12,17H,3-4,11,13-14H2,(H,25,27). The molecule has 30 heavy (non-hydrogen) atoms. The molecule has 0 spiro atoms. The molecule has 0 saturated carbocycles. The van der Waals surface area contributed by atoms with Gasteiger partial charge in [0.25, 0.3) is 5.91 Å². The summed E-state index contributed by atoms with van der Waals surface area (Å²) in [6, 6.07) is 14.6. The van der Waals surface area contributed by atoms with Crippen molar-refractivity contribution < 1.29 is 23.5 Å². The number of esters is 1. The van der Waals surface area contributed by atoms with Crippen LogP contribution in [0.25, 0.3) is 22.2 Å². The smallest absolute Gasteiger partial charge is 0.339 e. The van der Waals surface area contributed by atoms with Gasteiger partial charge in [-0.05, 0) is 49.2 Å². The third kappa shape index (κ3) is 4.63. The number of rotatable bonds is 6. The Morgan fingerprint density at radius 2 is 1.97 bits per heavy atom. The zero-order valence-corrected chi connectivity index (χ0v) is 16.3. The summed E-state index contributed by atoms with van der Waals surface area (Å²) >= 11 is 0. The monoisotopic (exact) mass is 408 g/mol. The van der Waals surface area contributed by atoms with Crippen LogP contribution in [-0.4, -0.2) is 42.7 Å². The van der Waals surface area contributed by atoms with Crippen molar-refractivity contribution in [3.05, 3.63) is 66.0 Å². The van der Waals surface area contributed by atoms with E-state index >= 15 is 0 Å². The number of ether oxygens (including phenoxy) is 2. The number of nitrogens with one attached hydrogen (secondary N) is 1. The normalized spacial score (nSPS) is 15.8. The lowest BCUT2D eigenvalue weighted by Crippen LogP contribution is -2.34. The second-order valence-electron chi connectivity index (χ2n) is 7.09. The molecule has 7 heteroatoms. The lowest BCUT2D eigenvalue weighted by Gasteiger charge is -2.12. The van der Waals surface area contributed by atoms with Crippen molar-refractivity contribution in [2.45, 2.75) is 18.9 Å². The van der Waals surface area contributed by atoms with Crippen LogP contribution in [0.2, 0.25) is 0 Å². The molecule has 0 bridgehead atoms. The number of para-hydroxylation sites is 1. The molecule has 1 aliphatic rings. The first-order chi connectivity index (χ1) is 14.6. The van der Waals surface area contributed by atoms with Crippen LogP contribution in [0.3, 0.4) is 0 Å². The first-order valence-electron chi connectivity index (χ1n) is 9.81. The van der Waals surface area contributed by atoms with E-state index in [0.29, 0.717) is 40.9 Å². The van der Waals surface area contributed by atoms with Crippen molar-refractivity contribution in [1.82, 2.24) is 10.3 Å². The fourth-order valence-corrected chi connectivity index (χ4v) is 3.41. The highest BCUT2D eigenvalue weighted by Crippen LogP contribution is 2.25. The van der Waals surface area contributed by atoms with E-state index < -0.39 is 5.97 Å². The van der Waals surface area contributed by atoms with Gasteiger partial charge in [0, 0.05) is 24.1 Å². The number of pyridine rings is 1. The number of benzene rings is 2. The van der Waals surface area contributed by atoms with E-state index in [-0.39, 0.29) is 24.4 Å². The average Bonchev–Trinajstić information content (AvgIpc) is 3.29. The summed E-state index contributed by atoms with van der Waals surface area (Å²) in [5, 5.41) is 3.34. The number of amides is 1. The zero-order valence-electron chi connectivity index (χ0n) is 16.3. The molecule has 1 aliphatic heterocycles. The van der Waals surface area contributed by atoms with Gasteiger partial charge in [-0.3, -0.25) is 4.79 Å². The van der Waals surface area contributed by atoms with E-state index in [1.165, 1.54) is 12.1 Å². The van der Waals surface area contributed by atoms with Gasteiger partial charge in [0.1, 0.15) is 5.82 Å². The minimum atomic E-state index is -0.621. The topological polar surface area (TPSA) is 77.5 Å². The van der Waals surface area contributed by atoms with Gasteiger partial charge in [-0.15, -0.1) is 0 Å². The average molecular weight is 408 g/mol. The molecule has 154 valence electrons. The molecule has 1 N–H and O–H groups in total. The number of carbonyl (C=O) groups is 2. The van der Waals surface area contributed by atoms with Crippen molar-refractivity contribution >= 4 is 22.8 Å². The molecule has 1 unspecified atom stereocenters. The molecule has 0 radical (unpaired) electrons. The van der Waals surface area contributed by atoms with E-state index in [0.717, 1.165) is 12.8 Å². The largest absolute Gasteiger partial charge is 0.452 e. The minimum Gasteiger partial charge on any atom is -0.452 e. The van der Waals surface area contributed by atoms with E-state index in [9.17, 15) is 14.0 Å². The lowest BCUT2D eigenvalue weighted by atomic mass is 10.0. The predicted molar refractivity (Wildman–Crippen MR) is 109 cm³/mol. The first-order valence-corrected chi connectivity index (χ1v) is 9.81. The maximum atomic E-state index is 13.3. The summed E-state index contributed by atoms with van der Waals surface area (Å²) in [4.78, 5) is 29.3. The maximum absolute atomic E-state index is 13.3. The second kappa shape index (κ2) is 9.00.